The molecule has 2 rings (SSSR count). The summed E-state index contributed by atoms with van der Waals surface area (Å²) in [6, 6.07) is 12.5. The van der Waals surface area contributed by atoms with Gasteiger partial charge in [-0.25, -0.2) is 0 Å². The fourth-order valence-electron chi connectivity index (χ4n) is 2.29. The van der Waals surface area contributed by atoms with Crippen molar-refractivity contribution in [1.29, 1.82) is 0 Å². The Bertz CT molecular complexity index is 495. The van der Waals surface area contributed by atoms with Crippen LogP contribution in [-0.4, -0.2) is 6.04 Å². The van der Waals surface area contributed by atoms with Crippen LogP contribution in [-0.2, 0) is 6.42 Å². The molecule has 19 heavy (non-hydrogen) atoms. The number of hydrogen-bond acceptors (Lipinski definition) is 2. The van der Waals surface area contributed by atoms with Gasteiger partial charge in [0.2, 0.25) is 0 Å². The first-order chi connectivity index (χ1) is 9.20. The lowest BCUT2D eigenvalue weighted by Crippen LogP contribution is -2.31. The van der Waals surface area contributed by atoms with Crippen molar-refractivity contribution in [2.75, 3.05) is 0 Å². The summed E-state index contributed by atoms with van der Waals surface area (Å²) in [4.78, 5) is 0. The van der Waals surface area contributed by atoms with Gasteiger partial charge in [-0.15, -0.1) is 0 Å². The Labute approximate surface area is 119 Å². The molecule has 0 aliphatic carbocycles. The SMILES string of the molecule is CCC(NC(C)Cc1ccccc1Cl)c1ccco1. The molecule has 0 radical (unpaired) electrons. The number of benzene rings is 1. The van der Waals surface area contributed by atoms with E-state index in [-0.39, 0.29) is 6.04 Å². The number of nitrogens with one attached hydrogen (secondary N) is 1. The molecule has 0 fully saturated rings. The maximum atomic E-state index is 6.19. The highest BCUT2D eigenvalue weighted by atomic mass is 35.5. The van der Waals surface area contributed by atoms with Gasteiger partial charge in [0.25, 0.3) is 0 Å². The van der Waals surface area contributed by atoms with E-state index in [1.165, 1.54) is 5.56 Å². The fourth-order valence-corrected chi connectivity index (χ4v) is 2.50. The first-order valence-corrected chi connectivity index (χ1v) is 7.11. The van der Waals surface area contributed by atoms with Crippen molar-refractivity contribution in [3.8, 4) is 0 Å². The molecule has 1 heterocycles. The molecule has 1 aromatic carbocycles. The van der Waals surface area contributed by atoms with E-state index >= 15 is 0 Å². The first-order valence-electron chi connectivity index (χ1n) is 6.73. The molecular formula is C16H20ClNO. The van der Waals surface area contributed by atoms with Gasteiger partial charge >= 0.3 is 0 Å². The monoisotopic (exact) mass is 277 g/mol. The summed E-state index contributed by atoms with van der Waals surface area (Å²) in [5.41, 5.74) is 1.18. The highest BCUT2D eigenvalue weighted by Gasteiger charge is 2.15. The number of halogens is 1. The quantitative estimate of drug-likeness (QED) is 0.834. The van der Waals surface area contributed by atoms with Gasteiger partial charge in [-0.3, -0.25) is 0 Å². The van der Waals surface area contributed by atoms with Crippen molar-refractivity contribution in [3.05, 3.63) is 59.0 Å². The van der Waals surface area contributed by atoms with Crippen LogP contribution >= 0.6 is 11.6 Å². The van der Waals surface area contributed by atoms with E-state index in [4.69, 9.17) is 16.0 Å². The predicted octanol–water partition coefficient (Wildman–Crippen LogP) is 4.60. The van der Waals surface area contributed by atoms with Crippen LogP contribution in [0.15, 0.2) is 47.1 Å². The van der Waals surface area contributed by atoms with E-state index < -0.39 is 0 Å². The molecule has 1 aromatic heterocycles. The maximum Gasteiger partial charge on any atom is 0.120 e. The normalized spacial score (nSPS) is 14.3. The van der Waals surface area contributed by atoms with E-state index in [1.807, 2.05) is 30.3 Å². The van der Waals surface area contributed by atoms with Crippen LogP contribution in [0, 0.1) is 0 Å². The second-order valence-corrected chi connectivity index (χ2v) is 5.25. The van der Waals surface area contributed by atoms with Gasteiger partial charge in [0, 0.05) is 11.1 Å². The Balaban J connectivity index is 1.97. The molecule has 2 unspecified atom stereocenters. The van der Waals surface area contributed by atoms with Gasteiger partial charge in [0.1, 0.15) is 5.76 Å². The summed E-state index contributed by atoms with van der Waals surface area (Å²) < 4.78 is 5.47. The molecule has 3 heteroatoms. The summed E-state index contributed by atoms with van der Waals surface area (Å²) in [6.07, 6.45) is 3.63. The third-order valence-electron chi connectivity index (χ3n) is 3.26. The van der Waals surface area contributed by atoms with E-state index in [0.29, 0.717) is 6.04 Å². The van der Waals surface area contributed by atoms with Crippen LogP contribution in [0.5, 0.6) is 0 Å². The molecule has 1 N–H and O–H groups in total. The Morgan fingerprint density at radius 3 is 2.63 bits per heavy atom. The number of hydrogen-bond donors (Lipinski definition) is 1. The Morgan fingerprint density at radius 1 is 1.21 bits per heavy atom. The molecule has 0 aliphatic heterocycles. The van der Waals surface area contributed by atoms with Gasteiger partial charge < -0.3 is 9.73 Å². The summed E-state index contributed by atoms with van der Waals surface area (Å²) in [5.74, 6) is 0.994. The Kier molecular flexibility index (Phi) is 5.06. The van der Waals surface area contributed by atoms with Crippen molar-refractivity contribution in [2.24, 2.45) is 0 Å². The Morgan fingerprint density at radius 2 is 2.00 bits per heavy atom. The molecule has 0 aliphatic rings. The largest absolute Gasteiger partial charge is 0.468 e. The standard InChI is InChI=1S/C16H20ClNO/c1-3-15(16-9-6-10-19-16)18-12(2)11-13-7-4-5-8-14(13)17/h4-10,12,15,18H,3,11H2,1-2H3. The molecule has 0 amide bonds. The van der Waals surface area contributed by atoms with Crippen LogP contribution in [0.4, 0.5) is 0 Å². The first kappa shape index (κ1) is 14.2. The van der Waals surface area contributed by atoms with Crippen LogP contribution < -0.4 is 5.32 Å². The van der Waals surface area contributed by atoms with Crippen molar-refractivity contribution in [1.82, 2.24) is 5.32 Å². The topological polar surface area (TPSA) is 25.2 Å². The van der Waals surface area contributed by atoms with Crippen LogP contribution in [0.1, 0.15) is 37.6 Å². The lowest BCUT2D eigenvalue weighted by molar-refractivity contribution is 0.371. The highest BCUT2D eigenvalue weighted by Crippen LogP contribution is 2.20. The molecule has 0 spiro atoms. The van der Waals surface area contributed by atoms with E-state index in [0.717, 1.165) is 23.6 Å². The minimum absolute atomic E-state index is 0.257. The van der Waals surface area contributed by atoms with Gasteiger partial charge in [-0.1, -0.05) is 36.7 Å². The van der Waals surface area contributed by atoms with E-state index in [9.17, 15) is 0 Å². The van der Waals surface area contributed by atoms with Crippen molar-refractivity contribution < 1.29 is 4.42 Å². The highest BCUT2D eigenvalue weighted by molar-refractivity contribution is 6.31. The van der Waals surface area contributed by atoms with Crippen molar-refractivity contribution >= 4 is 11.6 Å². The predicted molar refractivity (Wildman–Crippen MR) is 79.5 cm³/mol. The molecule has 2 aromatic rings. The molecule has 2 nitrogen and oxygen atoms in total. The van der Waals surface area contributed by atoms with Crippen LogP contribution in [0.2, 0.25) is 5.02 Å². The van der Waals surface area contributed by atoms with Gasteiger partial charge in [0.15, 0.2) is 0 Å². The average Bonchev–Trinajstić information content (AvgIpc) is 2.92. The van der Waals surface area contributed by atoms with E-state index in [1.54, 1.807) is 6.26 Å². The van der Waals surface area contributed by atoms with E-state index in [2.05, 4.69) is 25.2 Å². The molecule has 0 saturated heterocycles. The molecular weight excluding hydrogens is 258 g/mol. The third-order valence-corrected chi connectivity index (χ3v) is 3.63. The third kappa shape index (κ3) is 3.85. The Hall–Kier alpha value is -1.25. The maximum absolute atomic E-state index is 6.19. The zero-order valence-corrected chi connectivity index (χ0v) is 12.2. The second-order valence-electron chi connectivity index (χ2n) is 4.84. The van der Waals surface area contributed by atoms with Crippen LogP contribution in [0.3, 0.4) is 0 Å². The fraction of sp³-hybridized carbons (Fsp3) is 0.375. The average molecular weight is 278 g/mol. The summed E-state index contributed by atoms with van der Waals surface area (Å²) in [6.45, 7) is 4.33. The number of furan rings is 1. The second kappa shape index (κ2) is 6.78. The van der Waals surface area contributed by atoms with Gasteiger partial charge in [0.05, 0.1) is 12.3 Å². The molecule has 102 valence electrons. The lowest BCUT2D eigenvalue weighted by Gasteiger charge is -2.21. The molecule has 0 saturated carbocycles. The van der Waals surface area contributed by atoms with Crippen LogP contribution in [0.25, 0.3) is 0 Å². The minimum Gasteiger partial charge on any atom is -0.468 e. The van der Waals surface area contributed by atoms with Crippen molar-refractivity contribution in [3.63, 3.8) is 0 Å². The van der Waals surface area contributed by atoms with Gasteiger partial charge in [-0.05, 0) is 43.5 Å². The minimum atomic E-state index is 0.257. The zero-order chi connectivity index (χ0) is 13.7. The zero-order valence-electron chi connectivity index (χ0n) is 11.4. The molecule has 2 atom stereocenters. The number of rotatable bonds is 6. The summed E-state index contributed by atoms with van der Waals surface area (Å²) >= 11 is 6.19. The summed E-state index contributed by atoms with van der Waals surface area (Å²) in [7, 11) is 0. The lowest BCUT2D eigenvalue weighted by atomic mass is 10.0. The molecule has 0 bridgehead atoms. The summed E-state index contributed by atoms with van der Waals surface area (Å²) in [5, 5.41) is 4.43. The van der Waals surface area contributed by atoms with Gasteiger partial charge in [-0.2, -0.15) is 0 Å². The smallest absolute Gasteiger partial charge is 0.120 e. The van der Waals surface area contributed by atoms with Crippen molar-refractivity contribution in [2.45, 2.75) is 38.8 Å².